The quantitative estimate of drug-likeness (QED) is 0.840. The predicted octanol–water partition coefficient (Wildman–Crippen LogP) is 3.55. The lowest BCUT2D eigenvalue weighted by Gasteiger charge is -2.20. The molecule has 0 unspecified atom stereocenters. The monoisotopic (exact) mass is 339 g/mol. The van der Waals surface area contributed by atoms with Gasteiger partial charge in [0.15, 0.2) is 29.7 Å². The Labute approximate surface area is 136 Å². The number of hydrogen-bond acceptors (Lipinski definition) is 3. The Morgan fingerprint density at radius 3 is 2.70 bits per heavy atom. The summed E-state index contributed by atoms with van der Waals surface area (Å²) >= 11 is 6.04. The van der Waals surface area contributed by atoms with E-state index in [1.165, 1.54) is 18.1 Å². The fourth-order valence-electron chi connectivity index (χ4n) is 2.41. The minimum Gasteiger partial charge on any atom is -0.493 e. The Hall–Kier alpha value is -2.34. The van der Waals surface area contributed by atoms with Gasteiger partial charge in [0, 0.05) is 28.4 Å². The zero-order chi connectivity index (χ0) is 16.6. The molecule has 4 nitrogen and oxygen atoms in total. The normalized spacial score (nSPS) is 14.1. The van der Waals surface area contributed by atoms with Crippen molar-refractivity contribution in [2.24, 2.45) is 0 Å². The van der Waals surface area contributed by atoms with Crippen LogP contribution in [0.1, 0.15) is 5.56 Å². The maximum atomic E-state index is 13.5. The van der Waals surface area contributed by atoms with Crippen LogP contribution in [0.3, 0.4) is 0 Å². The number of carbonyl (C=O) groups excluding carboxylic acids is 1. The molecule has 3 rings (SSSR count). The van der Waals surface area contributed by atoms with Crippen LogP contribution in [0.15, 0.2) is 30.3 Å². The van der Waals surface area contributed by atoms with Crippen molar-refractivity contribution in [2.75, 3.05) is 18.6 Å². The SMILES string of the molecule is COc1cc(Cl)cc2c1OCC(=O)N(c1ccc(F)c(F)c1)C2. The van der Waals surface area contributed by atoms with Crippen molar-refractivity contribution in [3.05, 3.63) is 52.6 Å². The second-order valence-corrected chi connectivity index (χ2v) is 5.40. The van der Waals surface area contributed by atoms with E-state index in [1.54, 1.807) is 12.1 Å². The first kappa shape index (κ1) is 15.6. The number of anilines is 1. The Bertz CT molecular complexity index is 782. The van der Waals surface area contributed by atoms with Gasteiger partial charge in [-0.25, -0.2) is 8.78 Å². The summed E-state index contributed by atoms with van der Waals surface area (Å²) in [7, 11) is 1.47. The van der Waals surface area contributed by atoms with Gasteiger partial charge >= 0.3 is 0 Å². The highest BCUT2D eigenvalue weighted by Crippen LogP contribution is 2.37. The molecule has 1 aliphatic rings. The van der Waals surface area contributed by atoms with E-state index in [-0.39, 0.29) is 24.7 Å². The molecular formula is C16H12ClF2NO3. The van der Waals surface area contributed by atoms with Gasteiger partial charge in [-0.15, -0.1) is 0 Å². The maximum Gasteiger partial charge on any atom is 0.265 e. The van der Waals surface area contributed by atoms with E-state index in [1.807, 2.05) is 0 Å². The van der Waals surface area contributed by atoms with Gasteiger partial charge in [0.05, 0.1) is 13.7 Å². The molecule has 2 aromatic rings. The summed E-state index contributed by atoms with van der Waals surface area (Å²) < 4.78 is 37.3. The van der Waals surface area contributed by atoms with Crippen LogP contribution in [-0.4, -0.2) is 19.6 Å². The standard InChI is InChI=1S/C16H12ClF2NO3/c1-22-14-5-10(17)4-9-7-20(15(21)8-23-16(9)14)11-2-3-12(18)13(19)6-11/h2-6H,7-8H2,1H3. The number of fused-ring (bicyclic) bond motifs is 1. The van der Waals surface area contributed by atoms with Gasteiger partial charge in [-0.05, 0) is 18.2 Å². The topological polar surface area (TPSA) is 38.8 Å². The summed E-state index contributed by atoms with van der Waals surface area (Å²) in [4.78, 5) is 13.6. The van der Waals surface area contributed by atoms with Gasteiger partial charge in [0.1, 0.15) is 0 Å². The summed E-state index contributed by atoms with van der Waals surface area (Å²) in [6.45, 7) is -0.139. The van der Waals surface area contributed by atoms with Gasteiger partial charge in [-0.2, -0.15) is 0 Å². The summed E-state index contributed by atoms with van der Waals surface area (Å²) in [6, 6.07) is 6.51. The van der Waals surface area contributed by atoms with Crippen molar-refractivity contribution in [3.8, 4) is 11.5 Å². The minimum atomic E-state index is -1.02. The molecule has 1 amide bonds. The van der Waals surface area contributed by atoms with Crippen LogP contribution in [0.2, 0.25) is 5.02 Å². The van der Waals surface area contributed by atoms with Gasteiger partial charge in [0.25, 0.3) is 5.91 Å². The largest absolute Gasteiger partial charge is 0.493 e. The summed E-state index contributed by atoms with van der Waals surface area (Å²) in [6.07, 6.45) is 0. The fraction of sp³-hybridized carbons (Fsp3) is 0.188. The Morgan fingerprint density at radius 1 is 1.22 bits per heavy atom. The highest BCUT2D eigenvalue weighted by molar-refractivity contribution is 6.30. The van der Waals surface area contributed by atoms with Crippen molar-refractivity contribution >= 4 is 23.2 Å². The van der Waals surface area contributed by atoms with Crippen molar-refractivity contribution < 1.29 is 23.0 Å². The third kappa shape index (κ3) is 2.94. The highest BCUT2D eigenvalue weighted by Gasteiger charge is 2.26. The number of amides is 1. The van der Waals surface area contributed by atoms with E-state index in [0.717, 1.165) is 12.1 Å². The molecule has 0 N–H and O–H groups in total. The van der Waals surface area contributed by atoms with Gasteiger partial charge in [-0.3, -0.25) is 4.79 Å². The van der Waals surface area contributed by atoms with Crippen LogP contribution in [0, 0.1) is 11.6 Å². The van der Waals surface area contributed by atoms with Crippen molar-refractivity contribution in [3.63, 3.8) is 0 Å². The van der Waals surface area contributed by atoms with E-state index < -0.39 is 11.6 Å². The lowest BCUT2D eigenvalue weighted by Crippen LogP contribution is -2.32. The molecule has 0 radical (unpaired) electrons. The van der Waals surface area contributed by atoms with Crippen LogP contribution in [-0.2, 0) is 11.3 Å². The molecule has 2 aromatic carbocycles. The van der Waals surface area contributed by atoms with Crippen LogP contribution >= 0.6 is 11.6 Å². The molecule has 0 aromatic heterocycles. The van der Waals surface area contributed by atoms with E-state index >= 15 is 0 Å². The smallest absolute Gasteiger partial charge is 0.265 e. The molecule has 0 aliphatic carbocycles. The maximum absolute atomic E-state index is 13.5. The van der Waals surface area contributed by atoms with Crippen molar-refractivity contribution in [1.29, 1.82) is 0 Å². The molecule has 0 saturated carbocycles. The summed E-state index contributed by atoms with van der Waals surface area (Å²) in [5.74, 6) is -1.56. The first-order chi connectivity index (χ1) is 11.0. The van der Waals surface area contributed by atoms with Crippen LogP contribution in [0.5, 0.6) is 11.5 Å². The molecule has 0 spiro atoms. The van der Waals surface area contributed by atoms with Gasteiger partial charge < -0.3 is 14.4 Å². The number of carbonyl (C=O) groups is 1. The minimum absolute atomic E-state index is 0.107. The van der Waals surface area contributed by atoms with E-state index in [0.29, 0.717) is 22.1 Å². The molecule has 7 heteroatoms. The van der Waals surface area contributed by atoms with E-state index in [9.17, 15) is 13.6 Å². The molecule has 120 valence electrons. The zero-order valence-electron chi connectivity index (χ0n) is 12.1. The third-order valence-corrected chi connectivity index (χ3v) is 3.72. The molecule has 0 bridgehead atoms. The van der Waals surface area contributed by atoms with Crippen LogP contribution < -0.4 is 14.4 Å². The molecule has 1 heterocycles. The van der Waals surface area contributed by atoms with Crippen LogP contribution in [0.25, 0.3) is 0 Å². The number of nitrogens with zero attached hydrogens (tertiary/aromatic N) is 1. The first-order valence-corrected chi connectivity index (χ1v) is 7.12. The average Bonchev–Trinajstić information content (AvgIpc) is 2.69. The zero-order valence-corrected chi connectivity index (χ0v) is 12.9. The molecular weight excluding hydrogens is 328 g/mol. The number of rotatable bonds is 2. The van der Waals surface area contributed by atoms with E-state index in [2.05, 4.69) is 0 Å². The highest BCUT2D eigenvalue weighted by atomic mass is 35.5. The van der Waals surface area contributed by atoms with Gasteiger partial charge in [-0.1, -0.05) is 11.6 Å². The second-order valence-electron chi connectivity index (χ2n) is 4.96. The molecule has 1 aliphatic heterocycles. The lowest BCUT2D eigenvalue weighted by molar-refractivity contribution is -0.120. The average molecular weight is 340 g/mol. The second kappa shape index (κ2) is 6.04. The molecule has 23 heavy (non-hydrogen) atoms. The Kier molecular flexibility index (Phi) is 4.09. The number of benzene rings is 2. The predicted molar refractivity (Wildman–Crippen MR) is 81.0 cm³/mol. The Balaban J connectivity index is 2.04. The third-order valence-electron chi connectivity index (χ3n) is 3.50. The van der Waals surface area contributed by atoms with E-state index in [4.69, 9.17) is 21.1 Å². The fourth-order valence-corrected chi connectivity index (χ4v) is 2.64. The number of ether oxygens (including phenoxy) is 2. The van der Waals surface area contributed by atoms with Crippen molar-refractivity contribution in [1.82, 2.24) is 0 Å². The first-order valence-electron chi connectivity index (χ1n) is 6.74. The number of halogens is 3. The molecule has 0 atom stereocenters. The van der Waals surface area contributed by atoms with Gasteiger partial charge in [0.2, 0.25) is 0 Å². The molecule has 0 saturated heterocycles. The number of methoxy groups -OCH3 is 1. The van der Waals surface area contributed by atoms with Crippen molar-refractivity contribution in [2.45, 2.75) is 6.54 Å². The Morgan fingerprint density at radius 2 is 2.00 bits per heavy atom. The molecule has 0 fully saturated rings. The number of hydrogen-bond donors (Lipinski definition) is 0. The lowest BCUT2D eigenvalue weighted by atomic mass is 10.1. The summed E-state index contributed by atoms with van der Waals surface area (Å²) in [5.41, 5.74) is 0.856. The summed E-state index contributed by atoms with van der Waals surface area (Å²) in [5, 5.41) is 0.420. The van der Waals surface area contributed by atoms with Crippen LogP contribution in [0.4, 0.5) is 14.5 Å².